The fourth-order valence-electron chi connectivity index (χ4n) is 3.04. The Morgan fingerprint density at radius 2 is 1.57 bits per heavy atom. The molecule has 0 unspecified atom stereocenters. The van der Waals surface area contributed by atoms with E-state index in [0.717, 1.165) is 49.5 Å². The average Bonchev–Trinajstić information content (AvgIpc) is 2.63. The van der Waals surface area contributed by atoms with Gasteiger partial charge in [-0.3, -0.25) is 9.69 Å². The number of rotatable bonds is 5. The molecule has 0 saturated carbocycles. The zero-order valence-corrected chi connectivity index (χ0v) is 13.2. The molecule has 23 heavy (non-hydrogen) atoms. The lowest BCUT2D eigenvalue weighted by molar-refractivity contribution is 0.103. The van der Waals surface area contributed by atoms with Crippen LogP contribution < -0.4 is 4.90 Å². The van der Waals surface area contributed by atoms with E-state index in [2.05, 4.69) is 9.80 Å². The Kier molecular flexibility index (Phi) is 5.05. The molecule has 0 bridgehead atoms. The zero-order chi connectivity index (χ0) is 16.1. The molecular weight excluding hydrogens is 288 g/mol. The van der Waals surface area contributed by atoms with Crippen molar-refractivity contribution in [1.29, 1.82) is 0 Å². The maximum Gasteiger partial charge on any atom is 0.195 e. The lowest BCUT2D eigenvalue weighted by Gasteiger charge is -2.36. The normalized spacial score (nSPS) is 15.6. The van der Waals surface area contributed by atoms with Crippen molar-refractivity contribution in [2.75, 3.05) is 44.2 Å². The van der Waals surface area contributed by atoms with E-state index < -0.39 is 0 Å². The summed E-state index contributed by atoms with van der Waals surface area (Å²) in [5.41, 5.74) is 2.48. The first kappa shape index (κ1) is 15.7. The van der Waals surface area contributed by atoms with Gasteiger partial charge in [-0.1, -0.05) is 42.5 Å². The molecule has 2 aromatic rings. The number of nitrogens with zero attached hydrogens (tertiary/aromatic N) is 2. The molecule has 1 saturated heterocycles. The summed E-state index contributed by atoms with van der Waals surface area (Å²) in [6.07, 6.45) is 0. The van der Waals surface area contributed by atoms with E-state index in [1.165, 1.54) is 0 Å². The van der Waals surface area contributed by atoms with Gasteiger partial charge >= 0.3 is 0 Å². The summed E-state index contributed by atoms with van der Waals surface area (Å²) >= 11 is 0. The van der Waals surface area contributed by atoms with Crippen LogP contribution in [0.4, 0.5) is 5.69 Å². The first-order valence-corrected chi connectivity index (χ1v) is 8.06. The molecule has 4 nitrogen and oxygen atoms in total. The summed E-state index contributed by atoms with van der Waals surface area (Å²) in [5.74, 6) is 0.0685. The van der Waals surface area contributed by atoms with Crippen LogP contribution in [0.15, 0.2) is 54.6 Å². The zero-order valence-electron chi connectivity index (χ0n) is 13.2. The Hall–Kier alpha value is -2.17. The molecule has 0 spiro atoms. The maximum absolute atomic E-state index is 12.8. The lowest BCUT2D eigenvalue weighted by Crippen LogP contribution is -2.47. The van der Waals surface area contributed by atoms with Gasteiger partial charge in [-0.2, -0.15) is 0 Å². The summed E-state index contributed by atoms with van der Waals surface area (Å²) in [4.78, 5) is 17.3. The second-order valence-electron chi connectivity index (χ2n) is 5.76. The highest BCUT2D eigenvalue weighted by Crippen LogP contribution is 2.24. The van der Waals surface area contributed by atoms with Crippen LogP contribution >= 0.6 is 0 Å². The van der Waals surface area contributed by atoms with Crippen LogP contribution in [0, 0.1) is 0 Å². The third-order valence-electron chi connectivity index (χ3n) is 4.31. The van der Waals surface area contributed by atoms with Gasteiger partial charge in [0.15, 0.2) is 5.78 Å². The molecule has 0 amide bonds. The van der Waals surface area contributed by atoms with Gasteiger partial charge in [0, 0.05) is 49.5 Å². The molecule has 3 rings (SSSR count). The molecule has 120 valence electrons. The minimum absolute atomic E-state index is 0.0685. The Bertz CT molecular complexity index is 649. The number of aliphatic hydroxyl groups excluding tert-OH is 1. The summed E-state index contributed by atoms with van der Waals surface area (Å²) in [6, 6.07) is 17.3. The second-order valence-corrected chi connectivity index (χ2v) is 5.76. The number of benzene rings is 2. The Labute approximate surface area is 137 Å². The number of β-amino-alcohol motifs (C(OH)–C–C–N with tert-alkyl or cyclic N) is 1. The minimum Gasteiger partial charge on any atom is -0.395 e. The molecule has 4 heteroatoms. The Balaban J connectivity index is 1.80. The Morgan fingerprint density at radius 3 is 2.26 bits per heavy atom. The van der Waals surface area contributed by atoms with Crippen molar-refractivity contribution in [3.63, 3.8) is 0 Å². The van der Waals surface area contributed by atoms with Gasteiger partial charge in [0.05, 0.1) is 6.61 Å². The summed E-state index contributed by atoms with van der Waals surface area (Å²) in [6.45, 7) is 4.49. The predicted molar refractivity (Wildman–Crippen MR) is 92.1 cm³/mol. The highest BCUT2D eigenvalue weighted by molar-refractivity contribution is 6.12. The van der Waals surface area contributed by atoms with E-state index in [1.807, 2.05) is 54.6 Å². The van der Waals surface area contributed by atoms with Crippen molar-refractivity contribution in [2.45, 2.75) is 0 Å². The predicted octanol–water partition coefficient (Wildman–Crippen LogP) is 2.03. The molecule has 2 aromatic carbocycles. The van der Waals surface area contributed by atoms with E-state index in [1.54, 1.807) is 0 Å². The van der Waals surface area contributed by atoms with E-state index in [0.29, 0.717) is 0 Å². The number of ketones is 1. The minimum atomic E-state index is 0.0685. The summed E-state index contributed by atoms with van der Waals surface area (Å²) < 4.78 is 0. The van der Waals surface area contributed by atoms with Crippen molar-refractivity contribution in [2.24, 2.45) is 0 Å². The third kappa shape index (κ3) is 3.60. The van der Waals surface area contributed by atoms with Gasteiger partial charge in [0.25, 0.3) is 0 Å². The van der Waals surface area contributed by atoms with Crippen LogP contribution in [0.1, 0.15) is 15.9 Å². The monoisotopic (exact) mass is 310 g/mol. The third-order valence-corrected chi connectivity index (χ3v) is 4.31. The topological polar surface area (TPSA) is 43.8 Å². The highest BCUT2D eigenvalue weighted by Gasteiger charge is 2.21. The number of para-hydroxylation sites is 1. The number of carbonyl (C=O) groups excluding carboxylic acids is 1. The molecule has 1 aliphatic rings. The number of aliphatic hydroxyl groups is 1. The van der Waals surface area contributed by atoms with Gasteiger partial charge in [-0.05, 0) is 12.1 Å². The average molecular weight is 310 g/mol. The van der Waals surface area contributed by atoms with Crippen LogP contribution in [0.5, 0.6) is 0 Å². The van der Waals surface area contributed by atoms with E-state index >= 15 is 0 Å². The number of piperazine rings is 1. The first-order chi connectivity index (χ1) is 11.3. The number of carbonyl (C=O) groups is 1. The largest absolute Gasteiger partial charge is 0.395 e. The maximum atomic E-state index is 12.8. The fraction of sp³-hybridized carbons (Fsp3) is 0.316. The second kappa shape index (κ2) is 7.40. The van der Waals surface area contributed by atoms with Crippen LogP contribution in [0.2, 0.25) is 0 Å². The highest BCUT2D eigenvalue weighted by atomic mass is 16.3. The van der Waals surface area contributed by atoms with Crippen LogP contribution in [-0.4, -0.2) is 55.1 Å². The van der Waals surface area contributed by atoms with E-state index in [-0.39, 0.29) is 12.4 Å². The van der Waals surface area contributed by atoms with Crippen molar-refractivity contribution in [3.05, 3.63) is 65.7 Å². The Morgan fingerprint density at radius 1 is 0.913 bits per heavy atom. The van der Waals surface area contributed by atoms with Gasteiger partial charge < -0.3 is 10.0 Å². The van der Waals surface area contributed by atoms with Crippen molar-refractivity contribution in [3.8, 4) is 0 Å². The fourth-order valence-corrected chi connectivity index (χ4v) is 3.04. The van der Waals surface area contributed by atoms with Crippen molar-refractivity contribution >= 4 is 11.5 Å². The van der Waals surface area contributed by atoms with Gasteiger partial charge in [0.1, 0.15) is 0 Å². The van der Waals surface area contributed by atoms with E-state index in [4.69, 9.17) is 5.11 Å². The molecule has 1 heterocycles. The summed E-state index contributed by atoms with van der Waals surface area (Å²) in [5, 5.41) is 9.04. The SMILES string of the molecule is O=C(c1ccccc1)c1ccccc1N1CCN(CCO)CC1. The molecule has 1 N–H and O–H groups in total. The van der Waals surface area contributed by atoms with Crippen LogP contribution in [0.25, 0.3) is 0 Å². The molecule has 1 aliphatic heterocycles. The number of hydrogen-bond acceptors (Lipinski definition) is 4. The van der Waals surface area contributed by atoms with Gasteiger partial charge in [-0.25, -0.2) is 0 Å². The molecular formula is C19H22N2O2. The van der Waals surface area contributed by atoms with Crippen LogP contribution in [-0.2, 0) is 0 Å². The first-order valence-electron chi connectivity index (χ1n) is 8.06. The number of anilines is 1. The van der Waals surface area contributed by atoms with E-state index in [9.17, 15) is 4.79 Å². The molecule has 1 fully saturated rings. The lowest BCUT2D eigenvalue weighted by atomic mass is 10.0. The van der Waals surface area contributed by atoms with Gasteiger partial charge in [0.2, 0.25) is 0 Å². The van der Waals surface area contributed by atoms with Crippen molar-refractivity contribution in [1.82, 2.24) is 4.90 Å². The summed E-state index contributed by atoms with van der Waals surface area (Å²) in [7, 11) is 0. The molecule has 0 radical (unpaired) electrons. The van der Waals surface area contributed by atoms with Gasteiger partial charge in [-0.15, -0.1) is 0 Å². The molecule has 0 aliphatic carbocycles. The smallest absolute Gasteiger partial charge is 0.195 e. The quantitative estimate of drug-likeness (QED) is 0.858. The standard InChI is InChI=1S/C19H22N2O2/c22-15-14-20-10-12-21(13-11-20)18-9-5-4-8-17(18)19(23)16-6-2-1-3-7-16/h1-9,22H,10-15H2. The van der Waals surface area contributed by atoms with Crippen LogP contribution in [0.3, 0.4) is 0 Å². The molecule has 0 atom stereocenters. The van der Waals surface area contributed by atoms with Crippen molar-refractivity contribution < 1.29 is 9.90 Å². The molecule has 0 aromatic heterocycles. The number of hydrogen-bond donors (Lipinski definition) is 1.